The van der Waals surface area contributed by atoms with Gasteiger partial charge in [-0.1, -0.05) is 36.9 Å². The van der Waals surface area contributed by atoms with E-state index in [1.54, 1.807) is 4.31 Å². The minimum absolute atomic E-state index is 0.393. The first-order chi connectivity index (χ1) is 11.6. The Morgan fingerprint density at radius 3 is 2.79 bits per heavy atom. The SMILES string of the molecule is C=Cc1cccc(CN2CCC(CNS(=O)(=O)N3CCCC3)C2)c1. The molecule has 2 aliphatic rings. The molecule has 2 aliphatic heterocycles. The Morgan fingerprint density at radius 2 is 2.04 bits per heavy atom. The summed E-state index contributed by atoms with van der Waals surface area (Å²) in [4.78, 5) is 2.40. The normalized spacial score (nSPS) is 22.9. The van der Waals surface area contributed by atoms with Gasteiger partial charge in [0.2, 0.25) is 0 Å². The second kappa shape index (κ2) is 7.78. The molecule has 3 rings (SSSR count). The number of likely N-dealkylation sites (tertiary alicyclic amines) is 1. The summed E-state index contributed by atoms with van der Waals surface area (Å²) in [5.41, 5.74) is 2.42. The van der Waals surface area contributed by atoms with Gasteiger partial charge in [0.05, 0.1) is 0 Å². The molecule has 1 N–H and O–H groups in total. The van der Waals surface area contributed by atoms with E-state index in [1.165, 1.54) is 5.56 Å². The lowest BCUT2D eigenvalue weighted by Crippen LogP contribution is -2.41. The van der Waals surface area contributed by atoms with Crippen molar-refractivity contribution in [2.45, 2.75) is 25.8 Å². The molecule has 0 spiro atoms. The molecule has 2 saturated heterocycles. The summed E-state index contributed by atoms with van der Waals surface area (Å²) in [7, 11) is -3.28. The van der Waals surface area contributed by atoms with Crippen LogP contribution in [-0.4, -0.2) is 50.3 Å². The second-order valence-electron chi connectivity index (χ2n) is 6.80. The summed E-state index contributed by atoms with van der Waals surface area (Å²) in [5, 5.41) is 0. The molecule has 24 heavy (non-hydrogen) atoms. The second-order valence-corrected chi connectivity index (χ2v) is 8.55. The van der Waals surface area contributed by atoms with Gasteiger partial charge in [0.1, 0.15) is 0 Å². The Hall–Kier alpha value is -1.21. The van der Waals surface area contributed by atoms with Crippen molar-refractivity contribution in [1.82, 2.24) is 13.9 Å². The summed E-state index contributed by atoms with van der Waals surface area (Å²) in [5.74, 6) is 0.393. The van der Waals surface area contributed by atoms with Crippen LogP contribution in [0, 0.1) is 5.92 Å². The van der Waals surface area contributed by atoms with Gasteiger partial charge in [-0.2, -0.15) is 12.7 Å². The number of rotatable bonds is 7. The standard InChI is InChI=1S/C18H27N3O2S/c1-2-16-6-5-7-17(12-16)14-20-11-8-18(15-20)13-19-24(22,23)21-9-3-4-10-21/h2,5-7,12,18-19H,1,3-4,8-11,13-15H2. The van der Waals surface area contributed by atoms with Crippen LogP contribution in [0.4, 0.5) is 0 Å². The molecule has 5 nitrogen and oxygen atoms in total. The number of hydrogen-bond donors (Lipinski definition) is 1. The number of nitrogens with one attached hydrogen (secondary N) is 1. The highest BCUT2D eigenvalue weighted by Gasteiger charge is 2.28. The van der Waals surface area contributed by atoms with Gasteiger partial charge in [0, 0.05) is 32.7 Å². The monoisotopic (exact) mass is 349 g/mol. The van der Waals surface area contributed by atoms with Crippen LogP contribution in [0.25, 0.3) is 6.08 Å². The Balaban J connectivity index is 1.47. The third-order valence-electron chi connectivity index (χ3n) is 4.92. The number of benzene rings is 1. The van der Waals surface area contributed by atoms with Gasteiger partial charge in [-0.05, 0) is 42.9 Å². The van der Waals surface area contributed by atoms with Crippen LogP contribution >= 0.6 is 0 Å². The minimum atomic E-state index is -3.28. The van der Waals surface area contributed by atoms with Crippen molar-refractivity contribution in [2.24, 2.45) is 5.92 Å². The maximum absolute atomic E-state index is 12.2. The van der Waals surface area contributed by atoms with Gasteiger partial charge in [-0.25, -0.2) is 4.72 Å². The van der Waals surface area contributed by atoms with Crippen molar-refractivity contribution >= 4 is 16.3 Å². The Bertz CT molecular complexity index is 669. The molecule has 0 aromatic heterocycles. The lowest BCUT2D eigenvalue weighted by atomic mass is 10.1. The molecule has 2 heterocycles. The van der Waals surface area contributed by atoms with Gasteiger partial charge in [-0.3, -0.25) is 4.90 Å². The number of nitrogens with zero attached hydrogens (tertiary/aromatic N) is 2. The zero-order valence-electron chi connectivity index (χ0n) is 14.2. The molecule has 132 valence electrons. The first-order valence-corrected chi connectivity index (χ1v) is 10.2. The Morgan fingerprint density at radius 1 is 1.25 bits per heavy atom. The summed E-state index contributed by atoms with van der Waals surface area (Å²) < 4.78 is 28.8. The lowest BCUT2D eigenvalue weighted by Gasteiger charge is -2.19. The van der Waals surface area contributed by atoms with Gasteiger partial charge in [0.25, 0.3) is 10.2 Å². The molecule has 1 aromatic rings. The van der Waals surface area contributed by atoms with Crippen molar-refractivity contribution in [3.05, 3.63) is 42.0 Å². The molecule has 1 unspecified atom stereocenters. The molecular weight excluding hydrogens is 322 g/mol. The van der Waals surface area contributed by atoms with Gasteiger partial charge >= 0.3 is 0 Å². The highest BCUT2D eigenvalue weighted by atomic mass is 32.2. The quantitative estimate of drug-likeness (QED) is 0.820. The van der Waals surface area contributed by atoms with Crippen LogP contribution in [0.5, 0.6) is 0 Å². The van der Waals surface area contributed by atoms with Crippen molar-refractivity contribution in [2.75, 3.05) is 32.7 Å². The average Bonchev–Trinajstić information content (AvgIpc) is 3.25. The van der Waals surface area contributed by atoms with Crippen LogP contribution in [0.3, 0.4) is 0 Å². The van der Waals surface area contributed by atoms with E-state index >= 15 is 0 Å². The van der Waals surface area contributed by atoms with Gasteiger partial charge in [0.15, 0.2) is 0 Å². The largest absolute Gasteiger partial charge is 0.299 e. The van der Waals surface area contributed by atoms with Gasteiger partial charge in [-0.15, -0.1) is 0 Å². The maximum Gasteiger partial charge on any atom is 0.279 e. The molecule has 0 aliphatic carbocycles. The van der Waals surface area contributed by atoms with E-state index in [-0.39, 0.29) is 0 Å². The third kappa shape index (κ3) is 4.45. The molecule has 6 heteroatoms. The van der Waals surface area contributed by atoms with E-state index in [0.717, 1.165) is 44.5 Å². The molecule has 1 aromatic carbocycles. The Kier molecular flexibility index (Phi) is 5.71. The van der Waals surface area contributed by atoms with E-state index in [2.05, 4.69) is 40.5 Å². The van der Waals surface area contributed by atoms with Gasteiger partial charge < -0.3 is 0 Å². The first-order valence-electron chi connectivity index (χ1n) is 8.75. The summed E-state index contributed by atoms with van der Waals surface area (Å²) >= 11 is 0. The van der Waals surface area contributed by atoms with Crippen molar-refractivity contribution in [1.29, 1.82) is 0 Å². The summed E-state index contributed by atoms with van der Waals surface area (Å²) in [6.07, 6.45) is 4.86. The fourth-order valence-electron chi connectivity index (χ4n) is 3.54. The molecule has 0 saturated carbocycles. The van der Waals surface area contributed by atoms with Crippen LogP contribution < -0.4 is 4.72 Å². The highest BCUT2D eigenvalue weighted by molar-refractivity contribution is 7.87. The topological polar surface area (TPSA) is 52.7 Å². The third-order valence-corrected chi connectivity index (χ3v) is 6.50. The predicted molar refractivity (Wildman–Crippen MR) is 97.6 cm³/mol. The minimum Gasteiger partial charge on any atom is -0.299 e. The Labute approximate surface area is 145 Å². The number of hydrogen-bond acceptors (Lipinski definition) is 3. The highest BCUT2D eigenvalue weighted by Crippen LogP contribution is 2.20. The van der Waals surface area contributed by atoms with Crippen LogP contribution in [0.2, 0.25) is 0 Å². The van der Waals surface area contributed by atoms with Crippen molar-refractivity contribution < 1.29 is 8.42 Å². The lowest BCUT2D eigenvalue weighted by molar-refractivity contribution is 0.316. The van der Waals surface area contributed by atoms with E-state index in [4.69, 9.17) is 0 Å². The van der Waals surface area contributed by atoms with Crippen LogP contribution in [0.1, 0.15) is 30.4 Å². The zero-order valence-corrected chi connectivity index (χ0v) is 15.0. The molecule has 1 atom stereocenters. The van der Waals surface area contributed by atoms with E-state index in [1.807, 2.05) is 6.08 Å². The van der Waals surface area contributed by atoms with Crippen LogP contribution in [0.15, 0.2) is 30.8 Å². The predicted octanol–water partition coefficient (Wildman–Crippen LogP) is 2.08. The molecule has 2 fully saturated rings. The zero-order chi connectivity index (χ0) is 17.0. The fraction of sp³-hybridized carbons (Fsp3) is 0.556. The van der Waals surface area contributed by atoms with Crippen LogP contribution in [-0.2, 0) is 16.8 Å². The first kappa shape index (κ1) is 17.6. The smallest absolute Gasteiger partial charge is 0.279 e. The molecule has 0 amide bonds. The van der Waals surface area contributed by atoms with E-state index in [0.29, 0.717) is 25.6 Å². The molecular formula is C18H27N3O2S. The molecule has 0 radical (unpaired) electrons. The van der Waals surface area contributed by atoms with Crippen molar-refractivity contribution in [3.8, 4) is 0 Å². The fourth-order valence-corrected chi connectivity index (χ4v) is 4.91. The summed E-state index contributed by atoms with van der Waals surface area (Å²) in [6, 6.07) is 8.41. The van der Waals surface area contributed by atoms with Crippen molar-refractivity contribution in [3.63, 3.8) is 0 Å². The molecule has 0 bridgehead atoms. The average molecular weight is 350 g/mol. The summed E-state index contributed by atoms with van der Waals surface area (Å²) in [6.45, 7) is 8.56. The maximum atomic E-state index is 12.2. The van der Waals surface area contributed by atoms with E-state index in [9.17, 15) is 8.42 Å². The van der Waals surface area contributed by atoms with E-state index < -0.39 is 10.2 Å².